The van der Waals surface area contributed by atoms with Crippen molar-refractivity contribution in [3.63, 3.8) is 0 Å². The lowest BCUT2D eigenvalue weighted by atomic mass is 9.97. The highest BCUT2D eigenvalue weighted by Gasteiger charge is 2.16. The van der Waals surface area contributed by atoms with Crippen molar-refractivity contribution in [2.75, 3.05) is 13.7 Å². The first kappa shape index (κ1) is 14.2. The minimum absolute atomic E-state index is 0.400. The molecular formula is C19H23NO. The van der Waals surface area contributed by atoms with Crippen molar-refractivity contribution in [1.29, 1.82) is 0 Å². The van der Waals surface area contributed by atoms with Crippen LogP contribution in [0, 0.1) is 6.92 Å². The van der Waals surface area contributed by atoms with Gasteiger partial charge in [0.1, 0.15) is 5.75 Å². The van der Waals surface area contributed by atoms with Crippen molar-refractivity contribution in [3.05, 3.63) is 64.7 Å². The Kier molecular flexibility index (Phi) is 4.26. The first-order valence-corrected chi connectivity index (χ1v) is 7.74. The third kappa shape index (κ3) is 3.27. The molecule has 3 rings (SSSR count). The van der Waals surface area contributed by atoms with E-state index >= 15 is 0 Å². The van der Waals surface area contributed by atoms with Crippen LogP contribution in [0.25, 0.3) is 0 Å². The molecule has 1 unspecified atom stereocenters. The molecule has 110 valence electrons. The van der Waals surface area contributed by atoms with E-state index in [4.69, 9.17) is 4.74 Å². The zero-order valence-corrected chi connectivity index (χ0v) is 12.9. The third-order valence-electron chi connectivity index (χ3n) is 4.31. The molecule has 2 nitrogen and oxygen atoms in total. The van der Waals surface area contributed by atoms with Gasteiger partial charge in [0.25, 0.3) is 0 Å². The SMILES string of the molecule is CNC(CCc1ccc(C)cc1)c1ccc2c(c1)CCO2. The van der Waals surface area contributed by atoms with Crippen LogP contribution in [0.2, 0.25) is 0 Å². The van der Waals surface area contributed by atoms with Gasteiger partial charge in [0.05, 0.1) is 6.61 Å². The van der Waals surface area contributed by atoms with E-state index in [9.17, 15) is 0 Å². The summed E-state index contributed by atoms with van der Waals surface area (Å²) in [7, 11) is 2.05. The van der Waals surface area contributed by atoms with Crippen LogP contribution in [-0.4, -0.2) is 13.7 Å². The molecule has 1 atom stereocenters. The standard InChI is InChI=1S/C19H23NO/c1-14-3-5-15(6-4-14)7-9-18(20-2)16-8-10-19-17(13-16)11-12-21-19/h3-6,8,10,13,18,20H,7,9,11-12H2,1-2H3. The van der Waals surface area contributed by atoms with Crippen molar-refractivity contribution in [2.45, 2.75) is 32.2 Å². The molecule has 0 bridgehead atoms. The summed E-state index contributed by atoms with van der Waals surface area (Å²) >= 11 is 0. The molecule has 0 spiro atoms. The summed E-state index contributed by atoms with van der Waals surface area (Å²) in [5, 5.41) is 3.45. The van der Waals surface area contributed by atoms with Crippen LogP contribution in [0.3, 0.4) is 0 Å². The van der Waals surface area contributed by atoms with Crippen LogP contribution in [-0.2, 0) is 12.8 Å². The van der Waals surface area contributed by atoms with Gasteiger partial charge in [0, 0.05) is 12.5 Å². The van der Waals surface area contributed by atoms with Crippen molar-refractivity contribution in [3.8, 4) is 5.75 Å². The van der Waals surface area contributed by atoms with Crippen LogP contribution >= 0.6 is 0 Å². The molecule has 0 amide bonds. The van der Waals surface area contributed by atoms with Gasteiger partial charge >= 0.3 is 0 Å². The summed E-state index contributed by atoms with van der Waals surface area (Å²) in [4.78, 5) is 0. The third-order valence-corrected chi connectivity index (χ3v) is 4.31. The maximum atomic E-state index is 5.59. The lowest BCUT2D eigenvalue weighted by molar-refractivity contribution is 0.356. The van der Waals surface area contributed by atoms with E-state index in [2.05, 4.69) is 54.7 Å². The number of ether oxygens (including phenoxy) is 1. The average Bonchev–Trinajstić information content (AvgIpc) is 2.97. The minimum atomic E-state index is 0.400. The number of hydrogen-bond acceptors (Lipinski definition) is 2. The van der Waals surface area contributed by atoms with Crippen LogP contribution in [0.5, 0.6) is 5.75 Å². The van der Waals surface area contributed by atoms with Crippen molar-refractivity contribution < 1.29 is 4.74 Å². The van der Waals surface area contributed by atoms with E-state index in [0.29, 0.717) is 6.04 Å². The van der Waals surface area contributed by atoms with Crippen molar-refractivity contribution >= 4 is 0 Å². The van der Waals surface area contributed by atoms with Gasteiger partial charge in [-0.25, -0.2) is 0 Å². The van der Waals surface area contributed by atoms with E-state index in [1.54, 1.807) is 0 Å². The van der Waals surface area contributed by atoms with Crippen LogP contribution < -0.4 is 10.1 Å². The van der Waals surface area contributed by atoms with Gasteiger partial charge in [0.2, 0.25) is 0 Å². The molecule has 1 N–H and O–H groups in total. The maximum Gasteiger partial charge on any atom is 0.122 e. The molecule has 1 heterocycles. The number of benzene rings is 2. The molecular weight excluding hydrogens is 258 g/mol. The lowest BCUT2D eigenvalue weighted by Crippen LogP contribution is -2.17. The summed E-state index contributed by atoms with van der Waals surface area (Å²) < 4.78 is 5.59. The Labute approximate surface area is 127 Å². The largest absolute Gasteiger partial charge is 0.493 e. The van der Waals surface area contributed by atoms with Gasteiger partial charge in [-0.1, -0.05) is 42.0 Å². The highest BCUT2D eigenvalue weighted by atomic mass is 16.5. The van der Waals surface area contributed by atoms with E-state index in [1.807, 2.05) is 7.05 Å². The first-order valence-electron chi connectivity index (χ1n) is 7.74. The average molecular weight is 281 g/mol. The van der Waals surface area contributed by atoms with Gasteiger partial charge in [-0.3, -0.25) is 0 Å². The summed E-state index contributed by atoms with van der Waals surface area (Å²) in [6, 6.07) is 15.9. The Bertz CT molecular complexity index is 603. The lowest BCUT2D eigenvalue weighted by Gasteiger charge is -2.17. The zero-order chi connectivity index (χ0) is 14.7. The highest BCUT2D eigenvalue weighted by Crippen LogP contribution is 2.29. The number of hydrogen-bond donors (Lipinski definition) is 1. The summed E-state index contributed by atoms with van der Waals surface area (Å²) in [5.41, 5.74) is 5.45. The molecule has 2 heteroatoms. The van der Waals surface area contributed by atoms with Gasteiger partial charge in [0.15, 0.2) is 0 Å². The molecule has 2 aromatic rings. The number of rotatable bonds is 5. The van der Waals surface area contributed by atoms with Crippen LogP contribution in [0.4, 0.5) is 0 Å². The quantitative estimate of drug-likeness (QED) is 0.899. The predicted molar refractivity (Wildman–Crippen MR) is 86.9 cm³/mol. The summed E-state index contributed by atoms with van der Waals surface area (Å²) in [6.45, 7) is 2.96. The fourth-order valence-electron chi connectivity index (χ4n) is 2.97. The molecule has 21 heavy (non-hydrogen) atoms. The molecule has 0 fully saturated rings. The summed E-state index contributed by atoms with van der Waals surface area (Å²) in [5.74, 6) is 1.06. The number of nitrogens with one attached hydrogen (secondary N) is 1. The topological polar surface area (TPSA) is 21.3 Å². The fourth-order valence-corrected chi connectivity index (χ4v) is 2.97. The predicted octanol–water partition coefficient (Wildman–Crippen LogP) is 3.82. The molecule has 2 aromatic carbocycles. The monoisotopic (exact) mass is 281 g/mol. The van der Waals surface area contributed by atoms with Gasteiger partial charge in [-0.15, -0.1) is 0 Å². The minimum Gasteiger partial charge on any atom is -0.493 e. The highest BCUT2D eigenvalue weighted by molar-refractivity contribution is 5.40. The van der Waals surface area contributed by atoms with Crippen LogP contribution in [0.15, 0.2) is 42.5 Å². The molecule has 0 aliphatic carbocycles. The second kappa shape index (κ2) is 6.31. The zero-order valence-electron chi connectivity index (χ0n) is 12.9. The second-order valence-corrected chi connectivity index (χ2v) is 5.83. The molecule has 0 saturated heterocycles. The number of aryl methyl sites for hydroxylation is 2. The molecule has 0 saturated carbocycles. The van der Waals surface area contributed by atoms with E-state index in [-0.39, 0.29) is 0 Å². The van der Waals surface area contributed by atoms with Gasteiger partial charge in [-0.2, -0.15) is 0 Å². The molecule has 0 aromatic heterocycles. The van der Waals surface area contributed by atoms with Crippen molar-refractivity contribution in [2.24, 2.45) is 0 Å². The van der Waals surface area contributed by atoms with Gasteiger partial charge < -0.3 is 10.1 Å². The summed E-state index contributed by atoms with van der Waals surface area (Å²) in [6.07, 6.45) is 3.25. The smallest absolute Gasteiger partial charge is 0.122 e. The second-order valence-electron chi connectivity index (χ2n) is 5.83. The van der Waals surface area contributed by atoms with Crippen molar-refractivity contribution in [1.82, 2.24) is 5.32 Å². The van der Waals surface area contributed by atoms with Gasteiger partial charge in [-0.05, 0) is 49.6 Å². The van der Waals surface area contributed by atoms with E-state index in [0.717, 1.165) is 31.6 Å². The Morgan fingerprint density at radius 1 is 1.14 bits per heavy atom. The van der Waals surface area contributed by atoms with E-state index < -0.39 is 0 Å². The maximum absolute atomic E-state index is 5.59. The normalized spacial score (nSPS) is 14.6. The Morgan fingerprint density at radius 2 is 1.95 bits per heavy atom. The Balaban J connectivity index is 1.68. The molecule has 1 aliphatic heterocycles. The van der Waals surface area contributed by atoms with E-state index in [1.165, 1.54) is 22.3 Å². The molecule has 1 aliphatic rings. The fraction of sp³-hybridized carbons (Fsp3) is 0.368. The van der Waals surface area contributed by atoms with Crippen LogP contribution in [0.1, 0.15) is 34.7 Å². The first-order chi connectivity index (χ1) is 10.3. The Morgan fingerprint density at radius 3 is 2.71 bits per heavy atom. The number of fused-ring (bicyclic) bond motifs is 1. The Hall–Kier alpha value is -1.80. The molecule has 0 radical (unpaired) electrons.